The van der Waals surface area contributed by atoms with Crippen molar-refractivity contribution in [1.82, 2.24) is 15.1 Å². The van der Waals surface area contributed by atoms with Crippen molar-refractivity contribution < 1.29 is 14.1 Å². The number of hydrogen-bond acceptors (Lipinski definition) is 6. The number of rotatable bonds is 5. The van der Waals surface area contributed by atoms with Gasteiger partial charge in [0.25, 0.3) is 5.91 Å². The van der Waals surface area contributed by atoms with Crippen LogP contribution < -0.4 is 10.1 Å². The topological polar surface area (TPSA) is 90.1 Å². The van der Waals surface area contributed by atoms with Gasteiger partial charge in [0.1, 0.15) is 11.4 Å². The van der Waals surface area contributed by atoms with Crippen molar-refractivity contribution in [3.63, 3.8) is 0 Å². The average molecular weight is 358 g/mol. The second-order valence-electron chi connectivity index (χ2n) is 5.55. The largest absolute Gasteiger partial charge is 0.424 e. The van der Waals surface area contributed by atoms with Crippen LogP contribution in [0.5, 0.6) is 11.8 Å². The maximum atomic E-state index is 12.3. The average Bonchev–Trinajstić information content (AvgIpc) is 3.21. The van der Waals surface area contributed by atoms with E-state index >= 15 is 0 Å². The Morgan fingerprint density at radius 1 is 0.926 bits per heavy atom. The molecule has 7 heteroatoms. The maximum absolute atomic E-state index is 12.3. The highest BCUT2D eigenvalue weighted by Gasteiger charge is 2.14. The molecular formula is C20H14N4O3. The number of benzene rings is 2. The van der Waals surface area contributed by atoms with E-state index in [1.165, 1.54) is 0 Å². The zero-order chi connectivity index (χ0) is 18.5. The number of carbonyl (C=O) groups is 1. The van der Waals surface area contributed by atoms with Gasteiger partial charge in [-0.25, -0.2) is 9.97 Å². The number of amides is 1. The van der Waals surface area contributed by atoms with Gasteiger partial charge in [0.15, 0.2) is 0 Å². The van der Waals surface area contributed by atoms with Gasteiger partial charge >= 0.3 is 6.01 Å². The predicted octanol–water partition coefficient (Wildman–Crippen LogP) is 4.18. The molecule has 27 heavy (non-hydrogen) atoms. The van der Waals surface area contributed by atoms with Crippen LogP contribution >= 0.6 is 0 Å². The van der Waals surface area contributed by atoms with E-state index in [0.717, 1.165) is 5.56 Å². The van der Waals surface area contributed by atoms with E-state index in [0.29, 0.717) is 17.1 Å². The normalized spacial score (nSPS) is 10.4. The summed E-state index contributed by atoms with van der Waals surface area (Å²) in [4.78, 5) is 20.3. The quantitative estimate of drug-likeness (QED) is 0.576. The van der Waals surface area contributed by atoms with E-state index in [1.54, 1.807) is 48.8 Å². The lowest BCUT2D eigenvalue weighted by Gasteiger charge is -2.05. The summed E-state index contributed by atoms with van der Waals surface area (Å²) in [5.74, 6) is 0.307. The molecular weight excluding hydrogens is 344 g/mol. The summed E-state index contributed by atoms with van der Waals surface area (Å²) >= 11 is 0. The van der Waals surface area contributed by atoms with Gasteiger partial charge < -0.3 is 14.6 Å². The van der Waals surface area contributed by atoms with Crippen molar-refractivity contribution in [3.8, 4) is 23.0 Å². The number of aromatic nitrogens is 3. The Bertz CT molecular complexity index is 1030. The lowest BCUT2D eigenvalue weighted by atomic mass is 10.1. The van der Waals surface area contributed by atoms with Gasteiger partial charge in [0, 0.05) is 29.7 Å². The molecule has 1 N–H and O–H groups in total. The number of carbonyl (C=O) groups excluding carboxylic acids is 1. The van der Waals surface area contributed by atoms with Crippen LogP contribution in [0.25, 0.3) is 11.3 Å². The van der Waals surface area contributed by atoms with Crippen LogP contribution in [0.1, 0.15) is 10.6 Å². The SMILES string of the molecule is O=C(Nc1ccc(Oc2ncccn2)cc1)c1cc(-c2ccccc2)no1. The molecule has 4 rings (SSSR count). The lowest BCUT2D eigenvalue weighted by Crippen LogP contribution is -2.10. The van der Waals surface area contributed by atoms with E-state index in [-0.39, 0.29) is 17.7 Å². The second kappa shape index (κ2) is 7.49. The Hall–Kier alpha value is -4.00. The van der Waals surface area contributed by atoms with Crippen LogP contribution in [0.2, 0.25) is 0 Å². The van der Waals surface area contributed by atoms with Crippen molar-refractivity contribution in [1.29, 1.82) is 0 Å². The molecule has 0 spiro atoms. The molecule has 7 nitrogen and oxygen atoms in total. The first kappa shape index (κ1) is 16.5. The van der Waals surface area contributed by atoms with Gasteiger partial charge in [-0.15, -0.1) is 0 Å². The van der Waals surface area contributed by atoms with Gasteiger partial charge in [-0.3, -0.25) is 4.79 Å². The molecule has 0 aliphatic heterocycles. The summed E-state index contributed by atoms with van der Waals surface area (Å²) in [5, 5.41) is 6.69. The zero-order valence-corrected chi connectivity index (χ0v) is 14.1. The molecule has 2 aromatic carbocycles. The number of nitrogens with one attached hydrogen (secondary N) is 1. The Kier molecular flexibility index (Phi) is 4.57. The molecule has 0 bridgehead atoms. The number of nitrogens with zero attached hydrogens (tertiary/aromatic N) is 3. The van der Waals surface area contributed by atoms with E-state index < -0.39 is 0 Å². The molecule has 4 aromatic rings. The van der Waals surface area contributed by atoms with Crippen LogP contribution in [0, 0.1) is 0 Å². The van der Waals surface area contributed by atoms with Gasteiger partial charge in [-0.2, -0.15) is 0 Å². The first-order valence-corrected chi connectivity index (χ1v) is 8.16. The number of anilines is 1. The highest BCUT2D eigenvalue weighted by atomic mass is 16.5. The van der Waals surface area contributed by atoms with Crippen LogP contribution in [0.4, 0.5) is 5.69 Å². The van der Waals surface area contributed by atoms with Crippen molar-refractivity contribution in [2.24, 2.45) is 0 Å². The standard InChI is InChI=1S/C20H14N4O3/c25-19(18-13-17(24-27-18)14-5-2-1-3-6-14)23-15-7-9-16(10-8-15)26-20-21-11-4-12-22-20/h1-13H,(H,23,25). The third-order valence-electron chi connectivity index (χ3n) is 3.67. The molecule has 2 aromatic heterocycles. The van der Waals surface area contributed by atoms with Crippen molar-refractivity contribution in [2.75, 3.05) is 5.32 Å². The summed E-state index contributed by atoms with van der Waals surface area (Å²) in [7, 11) is 0. The summed E-state index contributed by atoms with van der Waals surface area (Å²) in [5.41, 5.74) is 2.08. The van der Waals surface area contributed by atoms with E-state index in [1.807, 2.05) is 30.3 Å². The van der Waals surface area contributed by atoms with Crippen molar-refractivity contribution in [3.05, 3.63) is 84.9 Å². The fraction of sp³-hybridized carbons (Fsp3) is 0. The van der Waals surface area contributed by atoms with Crippen LogP contribution in [-0.4, -0.2) is 21.0 Å². The van der Waals surface area contributed by atoms with E-state index in [9.17, 15) is 4.79 Å². The summed E-state index contributed by atoms with van der Waals surface area (Å²) in [6, 6.07) is 19.9. The Labute approximate surface area is 154 Å². The second-order valence-corrected chi connectivity index (χ2v) is 5.55. The molecule has 132 valence electrons. The Morgan fingerprint density at radius 3 is 2.41 bits per heavy atom. The van der Waals surface area contributed by atoms with Gasteiger partial charge in [-0.1, -0.05) is 35.5 Å². The van der Waals surface area contributed by atoms with Crippen molar-refractivity contribution in [2.45, 2.75) is 0 Å². The summed E-state index contributed by atoms with van der Waals surface area (Å²) in [6.07, 6.45) is 3.19. The Morgan fingerprint density at radius 2 is 1.67 bits per heavy atom. The highest BCUT2D eigenvalue weighted by Crippen LogP contribution is 2.22. The number of hydrogen-bond donors (Lipinski definition) is 1. The predicted molar refractivity (Wildman–Crippen MR) is 98.4 cm³/mol. The lowest BCUT2D eigenvalue weighted by molar-refractivity contribution is 0.0988. The first-order valence-electron chi connectivity index (χ1n) is 8.16. The molecule has 0 saturated carbocycles. The van der Waals surface area contributed by atoms with Crippen molar-refractivity contribution >= 4 is 11.6 Å². The minimum Gasteiger partial charge on any atom is -0.424 e. The Balaban J connectivity index is 1.42. The molecule has 0 radical (unpaired) electrons. The van der Waals surface area contributed by atoms with Gasteiger partial charge in [0.2, 0.25) is 5.76 Å². The van der Waals surface area contributed by atoms with E-state index in [4.69, 9.17) is 9.26 Å². The third kappa shape index (κ3) is 3.98. The third-order valence-corrected chi connectivity index (χ3v) is 3.67. The smallest absolute Gasteiger partial charge is 0.321 e. The molecule has 0 aliphatic carbocycles. The van der Waals surface area contributed by atoms with Gasteiger partial charge in [0.05, 0.1) is 0 Å². The molecule has 0 atom stereocenters. The highest BCUT2D eigenvalue weighted by molar-refractivity contribution is 6.02. The number of ether oxygens (including phenoxy) is 1. The first-order chi connectivity index (χ1) is 13.3. The van der Waals surface area contributed by atoms with Crippen LogP contribution in [-0.2, 0) is 0 Å². The minimum atomic E-state index is -0.384. The van der Waals surface area contributed by atoms with Gasteiger partial charge in [-0.05, 0) is 30.3 Å². The zero-order valence-electron chi connectivity index (χ0n) is 14.1. The molecule has 1 amide bonds. The van der Waals surface area contributed by atoms with E-state index in [2.05, 4.69) is 20.4 Å². The molecule has 0 aliphatic rings. The molecule has 0 fully saturated rings. The summed E-state index contributed by atoms with van der Waals surface area (Å²) < 4.78 is 10.7. The monoisotopic (exact) mass is 358 g/mol. The van der Waals surface area contributed by atoms with Crippen LogP contribution in [0.15, 0.2) is 83.6 Å². The van der Waals surface area contributed by atoms with Crippen LogP contribution in [0.3, 0.4) is 0 Å². The molecule has 0 unspecified atom stereocenters. The molecule has 2 heterocycles. The fourth-order valence-electron chi connectivity index (χ4n) is 2.37. The minimum absolute atomic E-state index is 0.131. The maximum Gasteiger partial charge on any atom is 0.321 e. The fourth-order valence-corrected chi connectivity index (χ4v) is 2.37. The molecule has 0 saturated heterocycles. The summed E-state index contributed by atoms with van der Waals surface area (Å²) in [6.45, 7) is 0.